The minimum absolute atomic E-state index is 0.250. The van der Waals surface area contributed by atoms with Crippen molar-refractivity contribution >= 4 is 5.97 Å². The normalized spacial score (nSPS) is 11.3. The molecule has 0 atom stereocenters. The number of hydrogen-bond acceptors (Lipinski definition) is 3. The Bertz CT molecular complexity index is 560. The van der Waals surface area contributed by atoms with Crippen molar-refractivity contribution in [2.75, 3.05) is 6.61 Å². The van der Waals surface area contributed by atoms with Gasteiger partial charge in [-0.25, -0.2) is 13.6 Å². The van der Waals surface area contributed by atoms with Crippen molar-refractivity contribution < 1.29 is 31.5 Å². The molecule has 3 nitrogen and oxygen atoms in total. The lowest BCUT2D eigenvalue weighted by Crippen LogP contribution is -2.19. The van der Waals surface area contributed by atoms with Crippen molar-refractivity contribution in [3.8, 4) is 6.07 Å². The predicted molar refractivity (Wildman–Crippen MR) is 57.1 cm³/mol. The molecule has 0 saturated heterocycles. The van der Waals surface area contributed by atoms with Gasteiger partial charge in [-0.2, -0.15) is 18.4 Å². The highest BCUT2D eigenvalue weighted by Gasteiger charge is 2.41. The lowest BCUT2D eigenvalue weighted by atomic mass is 9.96. The summed E-state index contributed by atoms with van der Waals surface area (Å²) in [7, 11) is 0. The molecule has 0 radical (unpaired) electrons. The van der Waals surface area contributed by atoms with Crippen LogP contribution in [0, 0.1) is 11.3 Å². The van der Waals surface area contributed by atoms with Gasteiger partial charge in [-0.1, -0.05) is 6.07 Å². The van der Waals surface area contributed by atoms with Crippen molar-refractivity contribution in [3.63, 3.8) is 0 Å². The third-order valence-corrected chi connectivity index (χ3v) is 2.36. The Hall–Kier alpha value is -2.17. The van der Waals surface area contributed by atoms with Gasteiger partial charge in [0.25, 0.3) is 6.43 Å². The first kappa shape index (κ1) is 15.9. The molecular formula is C12H8F5NO2. The number of carbonyl (C=O) groups excluding carboxylic acids is 1. The minimum atomic E-state index is -5.21. The largest absolute Gasteiger partial charge is 0.462 e. The Kier molecular flexibility index (Phi) is 4.65. The number of nitriles is 1. The van der Waals surface area contributed by atoms with Gasteiger partial charge in [0, 0.05) is 5.56 Å². The topological polar surface area (TPSA) is 50.1 Å². The molecule has 20 heavy (non-hydrogen) atoms. The van der Waals surface area contributed by atoms with E-state index in [0.717, 1.165) is 6.07 Å². The van der Waals surface area contributed by atoms with Crippen LogP contribution in [0.15, 0.2) is 12.1 Å². The number of ether oxygens (including phenoxy) is 1. The van der Waals surface area contributed by atoms with Gasteiger partial charge < -0.3 is 4.74 Å². The molecule has 0 spiro atoms. The molecule has 0 heterocycles. The SMILES string of the molecule is CCOC(=O)c1c(C#N)ccc(C(F)F)c1C(F)(F)F. The van der Waals surface area contributed by atoms with Crippen LogP contribution in [0.5, 0.6) is 0 Å². The summed E-state index contributed by atoms with van der Waals surface area (Å²) in [6.07, 6.45) is -8.65. The number of alkyl halides is 5. The number of halogens is 5. The average Bonchev–Trinajstić information content (AvgIpc) is 2.35. The summed E-state index contributed by atoms with van der Waals surface area (Å²) in [6.45, 7) is 1.09. The number of rotatable bonds is 3. The monoisotopic (exact) mass is 293 g/mol. The first-order chi connectivity index (χ1) is 9.23. The van der Waals surface area contributed by atoms with E-state index in [1.165, 1.54) is 13.0 Å². The summed E-state index contributed by atoms with van der Waals surface area (Å²) in [4.78, 5) is 11.5. The molecule has 0 bridgehead atoms. The number of nitrogens with zero attached hydrogens (tertiary/aromatic N) is 1. The van der Waals surface area contributed by atoms with E-state index in [4.69, 9.17) is 5.26 Å². The molecule has 0 aliphatic carbocycles. The first-order valence-electron chi connectivity index (χ1n) is 5.33. The summed E-state index contributed by atoms with van der Waals surface area (Å²) in [5.74, 6) is -1.46. The number of benzene rings is 1. The Morgan fingerprint density at radius 2 is 2.00 bits per heavy atom. The van der Waals surface area contributed by atoms with Crippen LogP contribution in [0.4, 0.5) is 22.0 Å². The Morgan fingerprint density at radius 3 is 2.40 bits per heavy atom. The lowest BCUT2D eigenvalue weighted by Gasteiger charge is -2.17. The highest BCUT2D eigenvalue weighted by atomic mass is 19.4. The van der Waals surface area contributed by atoms with Crippen molar-refractivity contribution in [1.82, 2.24) is 0 Å². The van der Waals surface area contributed by atoms with Crippen LogP contribution in [-0.4, -0.2) is 12.6 Å². The highest BCUT2D eigenvalue weighted by molar-refractivity contribution is 5.94. The van der Waals surface area contributed by atoms with E-state index >= 15 is 0 Å². The van der Waals surface area contributed by atoms with Gasteiger partial charge in [-0.3, -0.25) is 0 Å². The zero-order valence-corrected chi connectivity index (χ0v) is 10.1. The molecule has 1 aromatic carbocycles. The molecule has 1 rings (SSSR count). The fourth-order valence-corrected chi connectivity index (χ4v) is 1.61. The highest BCUT2D eigenvalue weighted by Crippen LogP contribution is 2.40. The van der Waals surface area contributed by atoms with Gasteiger partial charge in [0.15, 0.2) is 0 Å². The molecule has 0 aliphatic rings. The second-order valence-electron chi connectivity index (χ2n) is 3.58. The number of esters is 1. The van der Waals surface area contributed by atoms with Crippen LogP contribution in [0.2, 0.25) is 0 Å². The van der Waals surface area contributed by atoms with Gasteiger partial charge in [0.05, 0.1) is 23.3 Å². The minimum Gasteiger partial charge on any atom is -0.462 e. The van der Waals surface area contributed by atoms with E-state index in [1.54, 1.807) is 0 Å². The lowest BCUT2D eigenvalue weighted by molar-refractivity contribution is -0.140. The fourth-order valence-electron chi connectivity index (χ4n) is 1.61. The molecule has 0 aromatic heterocycles. The number of carbonyl (C=O) groups is 1. The Balaban J connectivity index is 3.71. The second kappa shape index (κ2) is 5.86. The molecule has 0 fully saturated rings. The number of hydrogen-bond donors (Lipinski definition) is 0. The van der Waals surface area contributed by atoms with E-state index in [1.807, 2.05) is 0 Å². The molecule has 108 valence electrons. The van der Waals surface area contributed by atoms with Crippen LogP contribution in [-0.2, 0) is 10.9 Å². The van der Waals surface area contributed by atoms with Gasteiger partial charge in [-0.15, -0.1) is 0 Å². The van der Waals surface area contributed by atoms with Gasteiger partial charge >= 0.3 is 12.1 Å². The third kappa shape index (κ3) is 3.04. The van der Waals surface area contributed by atoms with E-state index in [9.17, 15) is 26.7 Å². The van der Waals surface area contributed by atoms with Gasteiger partial charge in [-0.05, 0) is 13.0 Å². The summed E-state index contributed by atoms with van der Waals surface area (Å²) in [5, 5.41) is 8.74. The van der Waals surface area contributed by atoms with Crippen molar-refractivity contribution in [2.24, 2.45) is 0 Å². The maximum absolute atomic E-state index is 12.9. The molecule has 0 unspecified atom stereocenters. The average molecular weight is 293 g/mol. The first-order valence-corrected chi connectivity index (χ1v) is 5.33. The second-order valence-corrected chi connectivity index (χ2v) is 3.58. The summed E-state index contributed by atoms with van der Waals surface area (Å²) in [6, 6.07) is 2.59. The van der Waals surface area contributed by atoms with E-state index in [-0.39, 0.29) is 6.61 Å². The zero-order chi connectivity index (χ0) is 15.5. The van der Waals surface area contributed by atoms with E-state index < -0.39 is 40.8 Å². The Morgan fingerprint density at radius 1 is 1.40 bits per heavy atom. The van der Waals surface area contributed by atoms with Crippen LogP contribution in [0.1, 0.15) is 40.4 Å². The van der Waals surface area contributed by atoms with E-state index in [0.29, 0.717) is 6.07 Å². The molecule has 0 aliphatic heterocycles. The van der Waals surface area contributed by atoms with Gasteiger partial charge in [0.2, 0.25) is 0 Å². The summed E-state index contributed by atoms with van der Waals surface area (Å²) in [5.41, 5.74) is -5.04. The zero-order valence-electron chi connectivity index (χ0n) is 10.1. The summed E-state index contributed by atoms with van der Waals surface area (Å²) < 4.78 is 68.6. The smallest absolute Gasteiger partial charge is 0.417 e. The van der Waals surface area contributed by atoms with Crippen molar-refractivity contribution in [3.05, 3.63) is 34.4 Å². The summed E-state index contributed by atoms with van der Waals surface area (Å²) >= 11 is 0. The van der Waals surface area contributed by atoms with Gasteiger partial charge in [0.1, 0.15) is 6.07 Å². The maximum atomic E-state index is 12.9. The molecule has 0 amide bonds. The molecule has 0 saturated carbocycles. The van der Waals surface area contributed by atoms with Crippen molar-refractivity contribution in [1.29, 1.82) is 5.26 Å². The molecule has 8 heteroatoms. The van der Waals surface area contributed by atoms with Crippen LogP contribution >= 0.6 is 0 Å². The molecular weight excluding hydrogens is 285 g/mol. The standard InChI is InChI=1S/C12H8F5NO2/c1-2-20-11(19)8-6(5-18)3-4-7(10(13)14)9(8)12(15,16)17/h3-4,10H,2H2,1H3. The van der Waals surface area contributed by atoms with Crippen LogP contribution < -0.4 is 0 Å². The third-order valence-electron chi connectivity index (χ3n) is 2.36. The van der Waals surface area contributed by atoms with E-state index in [2.05, 4.69) is 4.74 Å². The van der Waals surface area contributed by atoms with Crippen LogP contribution in [0.3, 0.4) is 0 Å². The molecule has 0 N–H and O–H groups in total. The quantitative estimate of drug-likeness (QED) is 0.631. The molecule has 1 aromatic rings. The Labute approximate surface area is 110 Å². The maximum Gasteiger partial charge on any atom is 0.417 e. The van der Waals surface area contributed by atoms with Crippen molar-refractivity contribution in [2.45, 2.75) is 19.5 Å². The van der Waals surface area contributed by atoms with Crippen LogP contribution in [0.25, 0.3) is 0 Å². The fraction of sp³-hybridized carbons (Fsp3) is 0.333. The predicted octanol–water partition coefficient (Wildman–Crippen LogP) is 3.69.